The summed E-state index contributed by atoms with van der Waals surface area (Å²) in [6.07, 6.45) is 4.54. The summed E-state index contributed by atoms with van der Waals surface area (Å²) < 4.78 is 11.8. The zero-order valence-corrected chi connectivity index (χ0v) is 12.9. The molecule has 5 heteroatoms. The number of carbonyl (C=O) groups excluding carboxylic acids is 2. The minimum absolute atomic E-state index is 0.0382. The summed E-state index contributed by atoms with van der Waals surface area (Å²) in [5.41, 5.74) is 0.737. The van der Waals surface area contributed by atoms with Crippen LogP contribution in [0.5, 0.6) is 0 Å². The first-order valence-electron chi connectivity index (χ1n) is 6.52. The van der Waals surface area contributed by atoms with Gasteiger partial charge in [0.25, 0.3) is 5.79 Å². The smallest absolute Gasteiger partial charge is 0.348 e. The van der Waals surface area contributed by atoms with Gasteiger partial charge in [0, 0.05) is 16.4 Å². The molecule has 104 valence electrons. The van der Waals surface area contributed by atoms with Crippen LogP contribution < -0.4 is 0 Å². The molecule has 4 nitrogen and oxygen atoms in total. The Hall–Kier alpha value is -1.37. The van der Waals surface area contributed by atoms with Crippen molar-refractivity contribution in [3.8, 4) is 0 Å². The Bertz CT molecular complexity index is 560. The van der Waals surface area contributed by atoms with Crippen LogP contribution in [0.1, 0.15) is 31.2 Å². The predicted molar refractivity (Wildman–Crippen MR) is 80.5 cm³/mol. The second-order valence-electron chi connectivity index (χ2n) is 5.01. The number of ether oxygens (including phenoxy) is 2. The van der Waals surface area contributed by atoms with Crippen molar-refractivity contribution in [3.63, 3.8) is 0 Å². The lowest BCUT2D eigenvalue weighted by Crippen LogP contribution is -2.44. The second kappa shape index (κ2) is 5.20. The molecule has 0 N–H and O–H groups in total. The molecular formula is C15H13IO4. The number of hydrogen-bond donors (Lipinski definition) is 0. The molecule has 1 aliphatic carbocycles. The van der Waals surface area contributed by atoms with Crippen molar-refractivity contribution in [2.24, 2.45) is 0 Å². The lowest BCUT2D eigenvalue weighted by Gasteiger charge is -2.32. The predicted octanol–water partition coefficient (Wildman–Crippen LogP) is 3.04. The summed E-state index contributed by atoms with van der Waals surface area (Å²) in [5, 5.41) is 0. The highest BCUT2D eigenvalue weighted by atomic mass is 127. The fraction of sp³-hybridized carbons (Fsp3) is 0.333. The average molecular weight is 384 g/mol. The highest BCUT2D eigenvalue weighted by molar-refractivity contribution is 14.1. The lowest BCUT2D eigenvalue weighted by molar-refractivity contribution is -0.232. The van der Waals surface area contributed by atoms with E-state index in [9.17, 15) is 9.59 Å². The average Bonchev–Trinajstić information content (AvgIpc) is 2.84. The Morgan fingerprint density at radius 2 is 1.55 bits per heavy atom. The van der Waals surface area contributed by atoms with E-state index in [1.165, 1.54) is 6.08 Å². The van der Waals surface area contributed by atoms with Crippen LogP contribution in [0, 0.1) is 3.57 Å². The van der Waals surface area contributed by atoms with Crippen LogP contribution in [0.3, 0.4) is 0 Å². The van der Waals surface area contributed by atoms with E-state index in [1.54, 1.807) is 0 Å². The van der Waals surface area contributed by atoms with Gasteiger partial charge in [-0.2, -0.15) is 0 Å². The van der Waals surface area contributed by atoms with Crippen LogP contribution in [0.15, 0.2) is 29.8 Å². The molecule has 1 aromatic rings. The van der Waals surface area contributed by atoms with Gasteiger partial charge in [-0.15, -0.1) is 0 Å². The largest absolute Gasteiger partial charge is 0.419 e. The van der Waals surface area contributed by atoms with Crippen LogP contribution in [0.2, 0.25) is 0 Å². The van der Waals surface area contributed by atoms with E-state index in [1.807, 2.05) is 24.3 Å². The fourth-order valence-electron chi connectivity index (χ4n) is 2.51. The molecule has 1 saturated carbocycles. The van der Waals surface area contributed by atoms with Crippen LogP contribution in [-0.2, 0) is 19.1 Å². The van der Waals surface area contributed by atoms with Crippen molar-refractivity contribution < 1.29 is 19.1 Å². The van der Waals surface area contributed by atoms with Gasteiger partial charge in [0.05, 0.1) is 0 Å². The first-order valence-corrected chi connectivity index (χ1v) is 7.60. The van der Waals surface area contributed by atoms with Gasteiger partial charge in [0.15, 0.2) is 0 Å². The summed E-state index contributed by atoms with van der Waals surface area (Å²) in [6, 6.07) is 7.50. The Morgan fingerprint density at radius 3 is 2.10 bits per heavy atom. The number of esters is 2. The van der Waals surface area contributed by atoms with Crippen LogP contribution in [-0.4, -0.2) is 17.7 Å². The molecule has 0 atom stereocenters. The second-order valence-corrected chi connectivity index (χ2v) is 6.25. The van der Waals surface area contributed by atoms with Crippen molar-refractivity contribution >= 4 is 40.6 Å². The van der Waals surface area contributed by atoms with Gasteiger partial charge >= 0.3 is 11.9 Å². The van der Waals surface area contributed by atoms with Gasteiger partial charge in [0.2, 0.25) is 0 Å². The summed E-state index contributed by atoms with van der Waals surface area (Å²) in [6.45, 7) is 0. The van der Waals surface area contributed by atoms with Gasteiger partial charge in [-0.25, -0.2) is 9.59 Å². The Morgan fingerprint density at radius 1 is 1.00 bits per heavy atom. The van der Waals surface area contributed by atoms with E-state index in [-0.39, 0.29) is 5.57 Å². The van der Waals surface area contributed by atoms with E-state index in [2.05, 4.69) is 22.6 Å². The number of carbonyl (C=O) groups is 2. The molecular weight excluding hydrogens is 371 g/mol. The Kier molecular flexibility index (Phi) is 3.54. The number of rotatable bonds is 1. The van der Waals surface area contributed by atoms with E-state index in [4.69, 9.17) is 9.47 Å². The van der Waals surface area contributed by atoms with Crippen molar-refractivity contribution in [1.29, 1.82) is 0 Å². The molecule has 1 aliphatic heterocycles. The molecule has 0 aromatic heterocycles. The normalized spacial score (nSPS) is 20.8. The molecule has 0 unspecified atom stereocenters. The van der Waals surface area contributed by atoms with Crippen LogP contribution in [0.25, 0.3) is 6.08 Å². The zero-order valence-electron chi connectivity index (χ0n) is 10.7. The van der Waals surface area contributed by atoms with Crippen LogP contribution >= 0.6 is 22.6 Å². The SMILES string of the molecule is O=C1OC2(CCCC2)OC(=O)C1=Cc1ccc(I)cc1. The fourth-order valence-corrected chi connectivity index (χ4v) is 2.87. The number of halogens is 1. The molecule has 0 bridgehead atoms. The number of hydrogen-bond acceptors (Lipinski definition) is 4. The van der Waals surface area contributed by atoms with Gasteiger partial charge in [-0.3, -0.25) is 0 Å². The summed E-state index contributed by atoms with van der Waals surface area (Å²) in [4.78, 5) is 24.1. The maximum atomic E-state index is 12.0. The van der Waals surface area contributed by atoms with Crippen LogP contribution in [0.4, 0.5) is 0 Å². The quantitative estimate of drug-likeness (QED) is 0.323. The highest BCUT2D eigenvalue weighted by Gasteiger charge is 2.47. The Labute approximate surface area is 130 Å². The maximum absolute atomic E-state index is 12.0. The topological polar surface area (TPSA) is 52.6 Å². The summed E-state index contributed by atoms with van der Waals surface area (Å²) in [5.74, 6) is -2.17. The van der Waals surface area contributed by atoms with E-state index in [0.717, 1.165) is 22.0 Å². The van der Waals surface area contributed by atoms with Crippen molar-refractivity contribution in [1.82, 2.24) is 0 Å². The molecule has 0 amide bonds. The van der Waals surface area contributed by atoms with Gasteiger partial charge in [-0.05, 0) is 59.2 Å². The molecule has 1 aromatic carbocycles. The molecule has 1 heterocycles. The van der Waals surface area contributed by atoms with Gasteiger partial charge < -0.3 is 9.47 Å². The molecule has 2 fully saturated rings. The third kappa shape index (κ3) is 2.59. The van der Waals surface area contributed by atoms with E-state index >= 15 is 0 Å². The monoisotopic (exact) mass is 384 g/mol. The minimum Gasteiger partial charge on any atom is -0.419 e. The maximum Gasteiger partial charge on any atom is 0.348 e. The van der Waals surface area contributed by atoms with Crippen molar-refractivity contribution in [2.75, 3.05) is 0 Å². The molecule has 20 heavy (non-hydrogen) atoms. The molecule has 3 rings (SSSR count). The van der Waals surface area contributed by atoms with Gasteiger partial charge in [0.1, 0.15) is 5.57 Å². The van der Waals surface area contributed by atoms with Crippen molar-refractivity contribution in [3.05, 3.63) is 39.0 Å². The Balaban J connectivity index is 1.86. The molecule has 1 saturated heterocycles. The third-order valence-electron chi connectivity index (χ3n) is 3.54. The summed E-state index contributed by atoms with van der Waals surface area (Å²) in [7, 11) is 0. The summed E-state index contributed by atoms with van der Waals surface area (Å²) >= 11 is 2.19. The molecule has 0 radical (unpaired) electrons. The first-order chi connectivity index (χ1) is 9.58. The third-order valence-corrected chi connectivity index (χ3v) is 4.26. The van der Waals surface area contributed by atoms with Gasteiger partial charge in [-0.1, -0.05) is 12.1 Å². The van der Waals surface area contributed by atoms with E-state index in [0.29, 0.717) is 12.8 Å². The lowest BCUT2D eigenvalue weighted by atomic mass is 10.1. The molecule has 2 aliphatic rings. The number of benzene rings is 1. The first kappa shape index (κ1) is 13.6. The van der Waals surface area contributed by atoms with E-state index < -0.39 is 17.7 Å². The van der Waals surface area contributed by atoms with Crippen molar-refractivity contribution in [2.45, 2.75) is 31.5 Å². The standard InChI is InChI=1S/C15H13IO4/c16-11-5-3-10(4-6-11)9-12-13(17)19-15(20-14(12)18)7-1-2-8-15/h3-6,9H,1-2,7-8H2. The zero-order chi connectivity index (χ0) is 14.2. The highest BCUT2D eigenvalue weighted by Crippen LogP contribution is 2.38. The minimum atomic E-state index is -1.00. The molecule has 1 spiro atoms.